The normalized spacial score (nSPS) is 11.9. The van der Waals surface area contributed by atoms with Gasteiger partial charge in [0.25, 0.3) is 0 Å². The van der Waals surface area contributed by atoms with Gasteiger partial charge in [-0.05, 0) is 41.5 Å². The number of fused-ring (bicyclic) bond motifs is 10. The van der Waals surface area contributed by atoms with Gasteiger partial charge in [-0.2, -0.15) is 9.97 Å². The molecular formula is C45H26N4OS. The molecule has 51 heavy (non-hydrogen) atoms. The van der Waals surface area contributed by atoms with E-state index in [2.05, 4.69) is 108 Å². The van der Waals surface area contributed by atoms with Crippen molar-refractivity contribution in [3.8, 4) is 39.9 Å². The van der Waals surface area contributed by atoms with E-state index in [9.17, 15) is 0 Å². The predicted molar refractivity (Wildman–Crippen MR) is 211 cm³/mol. The number of benzene rings is 7. The van der Waals surface area contributed by atoms with Crippen LogP contribution >= 0.6 is 11.3 Å². The molecule has 11 rings (SSSR count). The monoisotopic (exact) mass is 670 g/mol. The first kappa shape index (κ1) is 28.2. The Morgan fingerprint density at radius 2 is 1.12 bits per heavy atom. The lowest BCUT2D eigenvalue weighted by atomic mass is 9.98. The van der Waals surface area contributed by atoms with Gasteiger partial charge in [-0.1, -0.05) is 127 Å². The molecule has 0 spiro atoms. The third-order valence-corrected chi connectivity index (χ3v) is 11.0. The number of aromatic nitrogens is 4. The van der Waals surface area contributed by atoms with Crippen molar-refractivity contribution in [3.05, 3.63) is 158 Å². The van der Waals surface area contributed by atoms with Gasteiger partial charge >= 0.3 is 0 Å². The molecule has 0 saturated heterocycles. The van der Waals surface area contributed by atoms with Crippen LogP contribution in [0, 0.1) is 0 Å². The summed E-state index contributed by atoms with van der Waals surface area (Å²) in [7, 11) is 0. The van der Waals surface area contributed by atoms with Gasteiger partial charge in [-0.15, -0.1) is 11.3 Å². The Hall–Kier alpha value is -6.63. The average Bonchev–Trinajstić information content (AvgIpc) is 3.87. The van der Waals surface area contributed by atoms with Crippen LogP contribution in [0.5, 0.6) is 0 Å². The number of rotatable bonds is 4. The van der Waals surface area contributed by atoms with E-state index in [1.165, 1.54) is 20.2 Å². The molecule has 0 aliphatic rings. The molecule has 0 saturated carbocycles. The van der Waals surface area contributed by atoms with Crippen LogP contribution in [0.15, 0.2) is 162 Å². The summed E-state index contributed by atoms with van der Waals surface area (Å²) in [5, 5.41) is 6.94. The van der Waals surface area contributed by atoms with E-state index in [1.807, 2.05) is 65.9 Å². The third kappa shape index (κ3) is 4.30. The van der Waals surface area contributed by atoms with Crippen molar-refractivity contribution in [1.82, 2.24) is 19.5 Å². The van der Waals surface area contributed by atoms with E-state index in [4.69, 9.17) is 19.4 Å². The Balaban J connectivity index is 1.29. The molecule has 0 radical (unpaired) electrons. The molecule has 4 aromatic heterocycles. The van der Waals surface area contributed by atoms with E-state index in [-0.39, 0.29) is 0 Å². The highest BCUT2D eigenvalue weighted by atomic mass is 32.1. The number of thiophene rings is 1. The van der Waals surface area contributed by atoms with Crippen LogP contribution in [0.4, 0.5) is 0 Å². The van der Waals surface area contributed by atoms with Gasteiger partial charge in [0.05, 0.1) is 11.0 Å². The van der Waals surface area contributed by atoms with Crippen LogP contribution < -0.4 is 0 Å². The molecule has 6 heteroatoms. The molecule has 4 heterocycles. The van der Waals surface area contributed by atoms with Crippen LogP contribution in [0.2, 0.25) is 0 Å². The second kappa shape index (κ2) is 10.9. The van der Waals surface area contributed by atoms with Crippen molar-refractivity contribution < 1.29 is 4.42 Å². The topological polar surface area (TPSA) is 56.7 Å². The Morgan fingerprint density at radius 3 is 1.90 bits per heavy atom. The molecule has 0 bridgehead atoms. The predicted octanol–water partition coefficient (Wildman–Crippen LogP) is 12.2. The molecule has 7 aromatic carbocycles. The average molecular weight is 671 g/mol. The van der Waals surface area contributed by atoms with E-state index < -0.39 is 0 Å². The van der Waals surface area contributed by atoms with Gasteiger partial charge in [0.15, 0.2) is 11.6 Å². The number of para-hydroxylation sites is 1. The SMILES string of the molecule is c1ccc(-c2nc(-c3ccccc3)nc(-n3c4cc(-c5cccc6oc7ccccc7c56)ccc4c4ccc5sc6ccccc6c5c43)n2)cc1. The van der Waals surface area contributed by atoms with Crippen LogP contribution in [-0.4, -0.2) is 19.5 Å². The molecule has 0 fully saturated rings. The smallest absolute Gasteiger partial charge is 0.238 e. The summed E-state index contributed by atoms with van der Waals surface area (Å²) in [6.45, 7) is 0. The Kier molecular flexibility index (Phi) is 6.05. The first-order chi connectivity index (χ1) is 25.3. The second-order valence-corrected chi connectivity index (χ2v) is 13.9. The quantitative estimate of drug-likeness (QED) is 0.187. The molecule has 0 atom stereocenters. The van der Waals surface area contributed by atoms with Crippen LogP contribution in [-0.2, 0) is 0 Å². The van der Waals surface area contributed by atoms with Crippen LogP contribution in [0.25, 0.3) is 104 Å². The van der Waals surface area contributed by atoms with Crippen molar-refractivity contribution in [3.63, 3.8) is 0 Å². The van der Waals surface area contributed by atoms with Gasteiger partial charge in [0.1, 0.15) is 11.2 Å². The van der Waals surface area contributed by atoms with E-state index in [1.54, 1.807) is 0 Å². The van der Waals surface area contributed by atoms with Crippen molar-refractivity contribution in [1.29, 1.82) is 0 Å². The molecule has 0 amide bonds. The highest BCUT2D eigenvalue weighted by molar-refractivity contribution is 7.26. The van der Waals surface area contributed by atoms with Gasteiger partial charge in [0.2, 0.25) is 5.95 Å². The molecule has 238 valence electrons. The maximum Gasteiger partial charge on any atom is 0.238 e. The lowest BCUT2D eigenvalue weighted by Gasteiger charge is -2.12. The van der Waals surface area contributed by atoms with Gasteiger partial charge in [-0.3, -0.25) is 4.57 Å². The molecular weight excluding hydrogens is 645 g/mol. The molecule has 0 aliphatic heterocycles. The largest absolute Gasteiger partial charge is 0.456 e. The lowest BCUT2D eigenvalue weighted by Crippen LogP contribution is -2.06. The third-order valence-electron chi connectivity index (χ3n) is 9.87. The fourth-order valence-electron chi connectivity index (χ4n) is 7.60. The minimum absolute atomic E-state index is 0.578. The summed E-state index contributed by atoms with van der Waals surface area (Å²) >= 11 is 1.82. The number of furan rings is 1. The van der Waals surface area contributed by atoms with Crippen molar-refractivity contribution >= 4 is 75.3 Å². The maximum absolute atomic E-state index is 6.30. The summed E-state index contributed by atoms with van der Waals surface area (Å²) in [5.74, 6) is 1.83. The van der Waals surface area contributed by atoms with Crippen LogP contribution in [0.3, 0.4) is 0 Å². The zero-order valence-electron chi connectivity index (χ0n) is 27.1. The summed E-state index contributed by atoms with van der Waals surface area (Å²) in [6, 6.07) is 54.9. The standard InChI is InChI=1S/C45H26N4OS/c1-3-12-27(13-4-1)43-46-44(28-14-5-2-6-15-28)48-45(47-43)49-35-26-29(30-18-11-20-37-40(30)33-16-7-9-19-36(33)50-37)22-23-31(35)32-24-25-39-41(42(32)49)34-17-8-10-21-38(34)51-39/h1-26H. The molecule has 11 aromatic rings. The Morgan fingerprint density at radius 1 is 0.451 bits per heavy atom. The number of nitrogens with zero attached hydrogens (tertiary/aromatic N) is 4. The van der Waals surface area contributed by atoms with Crippen molar-refractivity contribution in [2.75, 3.05) is 0 Å². The Bertz CT molecular complexity index is 3080. The lowest BCUT2D eigenvalue weighted by molar-refractivity contribution is 0.669. The molecule has 0 unspecified atom stereocenters. The number of hydrogen-bond donors (Lipinski definition) is 0. The highest BCUT2D eigenvalue weighted by Gasteiger charge is 2.22. The van der Waals surface area contributed by atoms with Gasteiger partial charge in [-0.25, -0.2) is 4.98 Å². The minimum Gasteiger partial charge on any atom is -0.456 e. The number of hydrogen-bond acceptors (Lipinski definition) is 5. The molecule has 0 N–H and O–H groups in total. The molecule has 5 nitrogen and oxygen atoms in total. The van der Waals surface area contributed by atoms with Gasteiger partial charge < -0.3 is 4.42 Å². The zero-order valence-corrected chi connectivity index (χ0v) is 27.9. The fraction of sp³-hybridized carbons (Fsp3) is 0. The summed E-state index contributed by atoms with van der Waals surface area (Å²) in [6.07, 6.45) is 0. The Labute approximate surface area is 295 Å². The fourth-order valence-corrected chi connectivity index (χ4v) is 8.71. The van der Waals surface area contributed by atoms with E-state index >= 15 is 0 Å². The zero-order chi connectivity index (χ0) is 33.5. The molecule has 0 aliphatic carbocycles. The summed E-state index contributed by atoms with van der Waals surface area (Å²) in [5.41, 5.74) is 7.96. The second-order valence-electron chi connectivity index (χ2n) is 12.8. The maximum atomic E-state index is 6.30. The summed E-state index contributed by atoms with van der Waals surface area (Å²) in [4.78, 5) is 15.5. The van der Waals surface area contributed by atoms with Crippen molar-refractivity contribution in [2.24, 2.45) is 0 Å². The van der Waals surface area contributed by atoms with Crippen LogP contribution in [0.1, 0.15) is 0 Å². The van der Waals surface area contributed by atoms with Gasteiger partial charge in [0, 0.05) is 52.8 Å². The van der Waals surface area contributed by atoms with E-state index in [0.29, 0.717) is 17.6 Å². The first-order valence-electron chi connectivity index (χ1n) is 16.9. The first-order valence-corrected chi connectivity index (χ1v) is 17.8. The van der Waals surface area contributed by atoms with E-state index in [0.717, 1.165) is 66.0 Å². The highest BCUT2D eigenvalue weighted by Crippen LogP contribution is 2.44. The minimum atomic E-state index is 0.578. The summed E-state index contributed by atoms with van der Waals surface area (Å²) < 4.78 is 11.0. The van der Waals surface area contributed by atoms with Crippen molar-refractivity contribution in [2.45, 2.75) is 0 Å².